The van der Waals surface area contributed by atoms with Crippen LogP contribution in [0, 0.1) is 5.92 Å². The largest absolute Gasteiger partial charge is 0.378 e. The molecular weight excluding hydrogens is 374 g/mol. The predicted molar refractivity (Wildman–Crippen MR) is 116 cm³/mol. The van der Waals surface area contributed by atoms with Gasteiger partial charge in [0, 0.05) is 25.9 Å². The van der Waals surface area contributed by atoms with Gasteiger partial charge in [-0.05, 0) is 30.7 Å². The number of nitrogens with one attached hydrogen (secondary N) is 1. The van der Waals surface area contributed by atoms with Gasteiger partial charge in [-0.1, -0.05) is 43.7 Å². The lowest BCUT2D eigenvalue weighted by molar-refractivity contribution is 0.156. The third kappa shape index (κ3) is 7.43. The van der Waals surface area contributed by atoms with E-state index in [2.05, 4.69) is 54.4 Å². The summed E-state index contributed by atoms with van der Waals surface area (Å²) in [4.78, 5) is 7.05. The fourth-order valence-electron chi connectivity index (χ4n) is 3.73. The fraction of sp³-hybridized carbons (Fsp3) is 0.667. The third-order valence-corrected chi connectivity index (χ3v) is 6.12. The molecule has 1 aliphatic rings. The summed E-state index contributed by atoms with van der Waals surface area (Å²) in [5.41, 5.74) is 1.44. The quantitative estimate of drug-likeness (QED) is 0.386. The lowest BCUT2D eigenvalue weighted by atomic mass is 9.79. The van der Waals surface area contributed by atoms with E-state index in [0.29, 0.717) is 25.0 Å². The van der Waals surface area contributed by atoms with Gasteiger partial charge in [-0.2, -0.15) is 0 Å². The predicted octanol–water partition coefficient (Wildman–Crippen LogP) is 2.53. The molecular formula is C21H35N3O3S. The second-order valence-electron chi connectivity index (χ2n) is 7.40. The van der Waals surface area contributed by atoms with Crippen LogP contribution in [0.4, 0.5) is 0 Å². The van der Waals surface area contributed by atoms with Crippen molar-refractivity contribution in [2.24, 2.45) is 10.9 Å². The normalized spacial score (nSPS) is 21.0. The molecule has 158 valence electrons. The molecule has 1 aromatic carbocycles. The van der Waals surface area contributed by atoms with Crippen LogP contribution in [0.5, 0.6) is 0 Å². The van der Waals surface area contributed by atoms with Gasteiger partial charge in [0.1, 0.15) is 9.84 Å². The average Bonchev–Trinajstić information content (AvgIpc) is 2.69. The number of sulfone groups is 1. The lowest BCUT2D eigenvalue weighted by Gasteiger charge is -2.40. The van der Waals surface area contributed by atoms with Crippen LogP contribution in [0.2, 0.25) is 0 Å². The highest BCUT2D eigenvalue weighted by Gasteiger charge is 2.30. The number of nitrogens with zero attached hydrogens (tertiary/aromatic N) is 2. The van der Waals surface area contributed by atoms with E-state index in [-0.39, 0.29) is 12.4 Å². The molecule has 1 heterocycles. The smallest absolute Gasteiger partial charge is 0.194 e. The van der Waals surface area contributed by atoms with E-state index in [0.717, 1.165) is 38.4 Å². The van der Waals surface area contributed by atoms with Crippen molar-refractivity contribution in [1.82, 2.24) is 10.2 Å². The molecule has 2 rings (SSSR count). The summed E-state index contributed by atoms with van der Waals surface area (Å²) >= 11 is 0. The van der Waals surface area contributed by atoms with Crippen LogP contribution in [0.25, 0.3) is 0 Å². The lowest BCUT2D eigenvalue weighted by Crippen LogP contribution is -2.48. The van der Waals surface area contributed by atoms with E-state index in [1.807, 2.05) is 0 Å². The van der Waals surface area contributed by atoms with E-state index in [1.165, 1.54) is 11.8 Å². The standard InChI is InChI=1S/C21H35N3O3S/c1-4-18-17-24(13-11-20(18)19-9-7-6-8-10-19)21(22-5-2)23-12-14-27-15-16-28(3,25)26/h6-10,18,20H,4-5,11-17H2,1-3H3,(H,22,23). The Hall–Kier alpha value is -1.60. The number of rotatable bonds is 9. The summed E-state index contributed by atoms with van der Waals surface area (Å²) in [7, 11) is -2.97. The number of benzene rings is 1. The third-order valence-electron chi connectivity index (χ3n) is 5.22. The molecule has 1 N–H and O–H groups in total. The minimum atomic E-state index is -2.97. The Kier molecular flexibility index (Phi) is 9.25. The second kappa shape index (κ2) is 11.4. The van der Waals surface area contributed by atoms with E-state index in [1.54, 1.807) is 0 Å². The van der Waals surface area contributed by atoms with Gasteiger partial charge in [0.2, 0.25) is 0 Å². The zero-order valence-corrected chi connectivity index (χ0v) is 18.2. The molecule has 2 atom stereocenters. The average molecular weight is 410 g/mol. The van der Waals surface area contributed by atoms with Crippen molar-refractivity contribution in [3.8, 4) is 0 Å². The van der Waals surface area contributed by atoms with Gasteiger partial charge < -0.3 is 15.0 Å². The van der Waals surface area contributed by atoms with E-state index in [9.17, 15) is 8.42 Å². The Bertz CT molecular complexity index is 707. The first-order chi connectivity index (χ1) is 13.4. The Balaban J connectivity index is 1.90. The van der Waals surface area contributed by atoms with E-state index in [4.69, 9.17) is 9.73 Å². The summed E-state index contributed by atoms with van der Waals surface area (Å²) in [5.74, 6) is 2.19. The summed E-state index contributed by atoms with van der Waals surface area (Å²) in [5, 5.41) is 3.39. The first-order valence-corrected chi connectivity index (χ1v) is 12.3. The van der Waals surface area contributed by atoms with Crippen LogP contribution in [-0.4, -0.2) is 70.7 Å². The van der Waals surface area contributed by atoms with Crippen LogP contribution in [0.15, 0.2) is 35.3 Å². The Morgan fingerprint density at radius 1 is 1.25 bits per heavy atom. The molecule has 2 unspecified atom stereocenters. The van der Waals surface area contributed by atoms with Gasteiger partial charge in [-0.3, -0.25) is 4.99 Å². The molecule has 1 aliphatic heterocycles. The number of hydrogen-bond donors (Lipinski definition) is 1. The molecule has 28 heavy (non-hydrogen) atoms. The first-order valence-electron chi connectivity index (χ1n) is 10.3. The highest BCUT2D eigenvalue weighted by atomic mass is 32.2. The van der Waals surface area contributed by atoms with Crippen LogP contribution < -0.4 is 5.32 Å². The van der Waals surface area contributed by atoms with Gasteiger partial charge >= 0.3 is 0 Å². The van der Waals surface area contributed by atoms with Gasteiger partial charge in [-0.25, -0.2) is 8.42 Å². The SMILES string of the molecule is CCNC(=NCCOCCS(C)(=O)=O)N1CCC(c2ccccc2)C(CC)C1. The molecule has 0 aliphatic carbocycles. The minimum absolute atomic E-state index is 0.0575. The molecule has 0 bridgehead atoms. The van der Waals surface area contributed by atoms with E-state index >= 15 is 0 Å². The van der Waals surface area contributed by atoms with E-state index < -0.39 is 9.84 Å². The van der Waals surface area contributed by atoms with Crippen LogP contribution in [0.1, 0.15) is 38.2 Å². The zero-order valence-electron chi connectivity index (χ0n) is 17.4. The molecule has 1 saturated heterocycles. The molecule has 0 aromatic heterocycles. The molecule has 1 fully saturated rings. The molecule has 1 aromatic rings. The summed E-state index contributed by atoms with van der Waals surface area (Å²) in [6.07, 6.45) is 3.49. The van der Waals surface area contributed by atoms with Crippen molar-refractivity contribution in [3.63, 3.8) is 0 Å². The number of piperidine rings is 1. The van der Waals surface area contributed by atoms with Crippen molar-refractivity contribution < 1.29 is 13.2 Å². The highest BCUT2D eigenvalue weighted by molar-refractivity contribution is 7.90. The molecule has 6 nitrogen and oxygen atoms in total. The zero-order chi connectivity index (χ0) is 20.4. The van der Waals surface area contributed by atoms with Crippen molar-refractivity contribution >= 4 is 15.8 Å². The van der Waals surface area contributed by atoms with Crippen molar-refractivity contribution in [2.45, 2.75) is 32.6 Å². The number of ether oxygens (including phenoxy) is 1. The summed E-state index contributed by atoms with van der Waals surface area (Å²) in [6.45, 7) is 8.33. The molecule has 0 saturated carbocycles. The maximum absolute atomic E-state index is 11.1. The Labute approximate surface area is 170 Å². The number of likely N-dealkylation sites (tertiary alicyclic amines) is 1. The topological polar surface area (TPSA) is 71.0 Å². The maximum atomic E-state index is 11.1. The molecule has 0 amide bonds. The van der Waals surface area contributed by atoms with Gasteiger partial charge in [0.15, 0.2) is 5.96 Å². The minimum Gasteiger partial charge on any atom is -0.378 e. The molecule has 0 spiro atoms. The molecule has 7 heteroatoms. The first kappa shape index (κ1) is 22.7. The number of aliphatic imine (C=N–C) groups is 1. The second-order valence-corrected chi connectivity index (χ2v) is 9.66. The van der Waals surface area contributed by atoms with Gasteiger partial charge in [-0.15, -0.1) is 0 Å². The Morgan fingerprint density at radius 3 is 2.64 bits per heavy atom. The van der Waals surface area contributed by atoms with Crippen molar-refractivity contribution in [3.05, 3.63) is 35.9 Å². The summed E-state index contributed by atoms with van der Waals surface area (Å²) < 4.78 is 27.7. The maximum Gasteiger partial charge on any atom is 0.194 e. The van der Waals surface area contributed by atoms with Gasteiger partial charge in [0.05, 0.1) is 25.5 Å². The number of guanidine groups is 1. The number of hydrogen-bond acceptors (Lipinski definition) is 4. The van der Waals surface area contributed by atoms with Crippen LogP contribution in [-0.2, 0) is 14.6 Å². The Morgan fingerprint density at radius 2 is 2.00 bits per heavy atom. The highest BCUT2D eigenvalue weighted by Crippen LogP contribution is 2.34. The van der Waals surface area contributed by atoms with Crippen LogP contribution in [0.3, 0.4) is 0 Å². The summed E-state index contributed by atoms with van der Waals surface area (Å²) in [6, 6.07) is 10.8. The van der Waals surface area contributed by atoms with Crippen LogP contribution >= 0.6 is 0 Å². The monoisotopic (exact) mass is 409 g/mol. The molecule has 0 radical (unpaired) electrons. The van der Waals surface area contributed by atoms with Gasteiger partial charge in [0.25, 0.3) is 0 Å². The fourth-order valence-corrected chi connectivity index (χ4v) is 4.15. The van der Waals surface area contributed by atoms with Crippen molar-refractivity contribution in [2.75, 3.05) is 51.4 Å². The van der Waals surface area contributed by atoms with Crippen molar-refractivity contribution in [1.29, 1.82) is 0 Å².